The van der Waals surface area contributed by atoms with Gasteiger partial charge in [0.25, 0.3) is 0 Å². The third-order valence-corrected chi connectivity index (χ3v) is 12.2. The number of benzene rings is 6. The second-order valence-electron chi connectivity index (χ2n) is 15.8. The number of amides is 2. The van der Waals surface area contributed by atoms with Crippen LogP contribution >= 0.6 is 0 Å². The fourth-order valence-corrected chi connectivity index (χ4v) is 9.50. The van der Waals surface area contributed by atoms with Crippen molar-refractivity contribution in [2.75, 3.05) is 32.2 Å². The van der Waals surface area contributed by atoms with Gasteiger partial charge in [0.05, 0.1) is 37.8 Å². The number of hydrogen-bond acceptors (Lipinski definition) is 9. The molecule has 3 aliphatic heterocycles. The van der Waals surface area contributed by atoms with E-state index in [-0.39, 0.29) is 19.8 Å². The molecule has 2 saturated heterocycles. The number of aliphatic hydroxyl groups is 2. The molecular weight excluding hydrogens is 795 g/mol. The second-order valence-corrected chi connectivity index (χ2v) is 15.8. The van der Waals surface area contributed by atoms with Crippen molar-refractivity contribution in [3.8, 4) is 23.3 Å². The summed E-state index contributed by atoms with van der Waals surface area (Å²) in [5.74, 6) is 4.55. The summed E-state index contributed by atoms with van der Waals surface area (Å²) in [7, 11) is 1.60. The monoisotopic (exact) mass is 839 g/mol. The number of morpholine rings is 1. The number of carbonyl (C=O) groups is 3. The van der Waals surface area contributed by atoms with Crippen LogP contribution in [0, 0.1) is 17.8 Å². The molecule has 1 spiro atoms. The molecule has 63 heavy (non-hydrogen) atoms. The van der Waals surface area contributed by atoms with Crippen LogP contribution < -0.4 is 20.1 Å². The Morgan fingerprint density at radius 2 is 1.40 bits per heavy atom. The second kappa shape index (κ2) is 17.6. The summed E-state index contributed by atoms with van der Waals surface area (Å²) in [5, 5.41) is 26.9. The minimum Gasteiger partial charge on any atom is -0.497 e. The molecule has 9 rings (SSSR count). The fraction of sp³-hybridized carbons (Fsp3) is 0.212. The average Bonchev–Trinajstić information content (AvgIpc) is 3.81. The Morgan fingerprint density at radius 1 is 0.778 bits per heavy atom. The first-order valence-electron chi connectivity index (χ1n) is 20.9. The molecule has 7 atom stereocenters. The predicted molar refractivity (Wildman–Crippen MR) is 235 cm³/mol. The molecule has 316 valence electrons. The molecular formula is C52H45N3O8. The van der Waals surface area contributed by atoms with E-state index >= 15 is 14.4 Å². The lowest BCUT2D eigenvalue weighted by Crippen LogP contribution is -2.55. The standard InChI is InChI=1S/C52H45N3O8/c1-61-39-24-19-33(20-25-39)17-18-34-21-28-42-41(31-34)52(51(60)54-42)44(49(58)53-32-43(57)35-11-5-2-6-12-35)46-50(59)63-47(37-15-9-4-10-16-37)45(36-13-7-3-8-14-36)55(46)48(52)38-22-26-40(27-23-38)62-30-29-56/h2-16,19-28,31,43-48,56-57H,29-30,32H2,1H3,(H,53,58)(H,54,60)/t43-,44+,45+,46+,47-,48-,52+/m0/s1. The van der Waals surface area contributed by atoms with Crippen LogP contribution in [0.1, 0.15) is 63.2 Å². The van der Waals surface area contributed by atoms with Crippen LogP contribution in [0.3, 0.4) is 0 Å². The SMILES string of the molecule is COc1ccc(C#Cc2ccc3c(c2)[C@]2(C(=O)N3)[C@H](c3ccc(OCCO)cc3)N3[C@H](c4ccccc4)[C@H](c4ccccc4)OC(=O)[C@H]3[C@@H]2C(=O)NC[C@H](O)c2ccccc2)cc1. The maximum atomic E-state index is 15.5. The van der Waals surface area contributed by atoms with Crippen LogP contribution in [0.2, 0.25) is 0 Å². The highest BCUT2D eigenvalue weighted by atomic mass is 16.6. The highest BCUT2D eigenvalue weighted by Crippen LogP contribution is 2.64. The van der Waals surface area contributed by atoms with Gasteiger partial charge in [0, 0.05) is 23.4 Å². The van der Waals surface area contributed by atoms with Gasteiger partial charge in [0.2, 0.25) is 11.8 Å². The number of ether oxygens (including phenoxy) is 3. The van der Waals surface area contributed by atoms with Gasteiger partial charge in [0.15, 0.2) is 0 Å². The summed E-state index contributed by atoms with van der Waals surface area (Å²) in [6.07, 6.45) is -1.91. The van der Waals surface area contributed by atoms with Crippen molar-refractivity contribution in [2.45, 2.75) is 35.7 Å². The van der Waals surface area contributed by atoms with E-state index in [4.69, 9.17) is 14.2 Å². The van der Waals surface area contributed by atoms with Crippen molar-refractivity contribution in [3.63, 3.8) is 0 Å². The summed E-state index contributed by atoms with van der Waals surface area (Å²) in [5.41, 5.74) is 3.33. The number of carbonyl (C=O) groups excluding carboxylic acids is 3. The molecule has 0 aliphatic carbocycles. The Morgan fingerprint density at radius 3 is 2.06 bits per heavy atom. The molecule has 11 heteroatoms. The smallest absolute Gasteiger partial charge is 0.324 e. The zero-order valence-electron chi connectivity index (χ0n) is 34.4. The van der Waals surface area contributed by atoms with Crippen LogP contribution in [-0.4, -0.2) is 65.8 Å². The van der Waals surface area contributed by atoms with Gasteiger partial charge >= 0.3 is 5.97 Å². The van der Waals surface area contributed by atoms with Gasteiger partial charge in [-0.15, -0.1) is 0 Å². The summed E-state index contributed by atoms with van der Waals surface area (Å²) in [4.78, 5) is 48.0. The number of nitrogens with zero attached hydrogens (tertiary/aromatic N) is 1. The summed E-state index contributed by atoms with van der Waals surface area (Å²) < 4.78 is 17.6. The zero-order valence-corrected chi connectivity index (χ0v) is 34.4. The minimum absolute atomic E-state index is 0.0782. The van der Waals surface area contributed by atoms with E-state index in [0.717, 1.165) is 16.7 Å². The third kappa shape index (κ3) is 7.59. The molecule has 3 heterocycles. The maximum Gasteiger partial charge on any atom is 0.324 e. The van der Waals surface area contributed by atoms with Gasteiger partial charge in [0.1, 0.15) is 35.7 Å². The van der Waals surface area contributed by atoms with Gasteiger partial charge < -0.3 is 35.1 Å². The first kappa shape index (κ1) is 41.1. The predicted octanol–water partition coefficient (Wildman–Crippen LogP) is 6.59. The summed E-state index contributed by atoms with van der Waals surface area (Å²) in [6.45, 7) is -0.286. The van der Waals surface area contributed by atoms with E-state index in [9.17, 15) is 10.2 Å². The number of nitrogens with one attached hydrogen (secondary N) is 2. The highest BCUT2D eigenvalue weighted by Gasteiger charge is 2.74. The molecule has 3 aliphatic rings. The van der Waals surface area contributed by atoms with Gasteiger partial charge in [-0.3, -0.25) is 19.3 Å². The van der Waals surface area contributed by atoms with Crippen molar-refractivity contribution < 1.29 is 38.8 Å². The van der Waals surface area contributed by atoms with Crippen molar-refractivity contribution in [1.29, 1.82) is 0 Å². The number of rotatable bonds is 11. The minimum atomic E-state index is -1.76. The van der Waals surface area contributed by atoms with Crippen LogP contribution in [0.15, 0.2) is 158 Å². The number of cyclic esters (lactones) is 1. The Kier molecular flexibility index (Phi) is 11.5. The number of aliphatic hydroxyl groups excluding tert-OH is 2. The lowest BCUT2D eigenvalue weighted by Gasteiger charge is -2.46. The van der Waals surface area contributed by atoms with Crippen molar-refractivity contribution in [1.82, 2.24) is 10.2 Å². The van der Waals surface area contributed by atoms with E-state index in [2.05, 4.69) is 22.5 Å². The van der Waals surface area contributed by atoms with Gasteiger partial charge in [-0.25, -0.2) is 0 Å². The molecule has 0 bridgehead atoms. The quantitative estimate of drug-likeness (QED) is 0.0839. The molecule has 2 amide bonds. The number of hydrogen-bond donors (Lipinski definition) is 4. The average molecular weight is 840 g/mol. The van der Waals surface area contributed by atoms with Crippen LogP contribution in [0.5, 0.6) is 11.5 Å². The molecule has 2 fully saturated rings. The van der Waals surface area contributed by atoms with Gasteiger partial charge in [-0.05, 0) is 82.4 Å². The van der Waals surface area contributed by atoms with E-state index in [1.807, 2.05) is 120 Å². The van der Waals surface area contributed by atoms with E-state index in [0.29, 0.717) is 39.4 Å². The van der Waals surface area contributed by atoms with Crippen molar-refractivity contribution in [3.05, 3.63) is 197 Å². The van der Waals surface area contributed by atoms with Gasteiger partial charge in [-0.2, -0.15) is 0 Å². The normalized spacial score (nSPS) is 22.7. The molecule has 0 unspecified atom stereocenters. The first-order chi connectivity index (χ1) is 30.8. The van der Waals surface area contributed by atoms with Crippen molar-refractivity contribution >= 4 is 23.5 Å². The molecule has 4 N–H and O–H groups in total. The number of fused-ring (bicyclic) bond motifs is 3. The number of esters is 1. The van der Waals surface area contributed by atoms with Crippen molar-refractivity contribution in [2.24, 2.45) is 5.92 Å². The third-order valence-electron chi connectivity index (χ3n) is 12.2. The first-order valence-corrected chi connectivity index (χ1v) is 20.9. The Labute approximate surface area is 365 Å². The lowest BCUT2D eigenvalue weighted by molar-refractivity contribution is -0.178. The highest BCUT2D eigenvalue weighted by molar-refractivity contribution is 6.12. The van der Waals surface area contributed by atoms with Crippen LogP contribution in [0.25, 0.3) is 0 Å². The molecule has 6 aromatic rings. The molecule has 6 aromatic carbocycles. The lowest BCUT2D eigenvalue weighted by atomic mass is 9.65. The van der Waals surface area contributed by atoms with Gasteiger partial charge in [-0.1, -0.05) is 115 Å². The largest absolute Gasteiger partial charge is 0.497 e. The maximum absolute atomic E-state index is 15.5. The topological polar surface area (TPSA) is 147 Å². The number of methoxy groups -OCH3 is 1. The van der Waals surface area contributed by atoms with E-state index < -0.39 is 59.5 Å². The molecule has 0 aromatic heterocycles. The fourth-order valence-electron chi connectivity index (χ4n) is 9.50. The Balaban J connectivity index is 1.27. The Bertz CT molecular complexity index is 2670. The zero-order chi connectivity index (χ0) is 43.5. The summed E-state index contributed by atoms with van der Waals surface area (Å²) in [6, 6.07) is 45.2. The molecule has 0 saturated carbocycles. The van der Waals surface area contributed by atoms with Crippen LogP contribution in [0.4, 0.5) is 5.69 Å². The number of anilines is 1. The van der Waals surface area contributed by atoms with E-state index in [1.54, 1.807) is 49.6 Å². The Hall–Kier alpha value is -7.23. The molecule has 11 nitrogen and oxygen atoms in total. The molecule has 0 radical (unpaired) electrons. The summed E-state index contributed by atoms with van der Waals surface area (Å²) >= 11 is 0. The van der Waals surface area contributed by atoms with Crippen LogP contribution in [-0.2, 0) is 24.5 Å². The van der Waals surface area contributed by atoms with E-state index in [1.165, 1.54) is 0 Å².